The van der Waals surface area contributed by atoms with Crippen molar-refractivity contribution in [1.29, 1.82) is 0 Å². The van der Waals surface area contributed by atoms with Crippen molar-refractivity contribution >= 4 is 21.4 Å². The van der Waals surface area contributed by atoms with Crippen LogP contribution in [0, 0.1) is 13.8 Å². The molecule has 1 aliphatic heterocycles. The molecule has 120 valence electrons. The van der Waals surface area contributed by atoms with Gasteiger partial charge in [0.15, 0.2) is 9.81 Å². The minimum atomic E-state index is -4.75. The standard InChI is InChI=1S/C11H15F3N2O3S2/c1-7-9(20-8(2)15-7)21(18,19)16-5-3-10(17,4-6-16)11(12,13)14/h17H,3-6H2,1-2H3. The highest BCUT2D eigenvalue weighted by Gasteiger charge is 2.55. The molecule has 0 aromatic carbocycles. The monoisotopic (exact) mass is 344 g/mol. The van der Waals surface area contributed by atoms with Crippen molar-refractivity contribution in [1.82, 2.24) is 9.29 Å². The zero-order valence-electron chi connectivity index (χ0n) is 11.4. The largest absolute Gasteiger partial charge is 0.417 e. The zero-order chi connectivity index (χ0) is 16.1. The molecule has 0 atom stereocenters. The summed E-state index contributed by atoms with van der Waals surface area (Å²) in [6.45, 7) is 2.48. The summed E-state index contributed by atoms with van der Waals surface area (Å²) in [6.07, 6.45) is -6.07. The first-order chi connectivity index (χ1) is 9.47. The SMILES string of the molecule is Cc1nc(C)c(S(=O)(=O)N2CCC(O)(C(F)(F)F)CC2)s1. The second kappa shape index (κ2) is 5.18. The maximum absolute atomic E-state index is 12.7. The number of nitrogens with zero attached hydrogens (tertiary/aromatic N) is 2. The van der Waals surface area contributed by atoms with Crippen molar-refractivity contribution in [2.24, 2.45) is 0 Å². The summed E-state index contributed by atoms with van der Waals surface area (Å²) in [5.41, 5.74) is -2.47. The van der Waals surface area contributed by atoms with Gasteiger partial charge in [0.2, 0.25) is 0 Å². The van der Waals surface area contributed by atoms with Gasteiger partial charge in [-0.2, -0.15) is 17.5 Å². The Morgan fingerprint density at radius 3 is 2.19 bits per heavy atom. The Hall–Kier alpha value is -0.710. The third-order valence-electron chi connectivity index (χ3n) is 3.51. The van der Waals surface area contributed by atoms with Crippen LogP contribution in [0.2, 0.25) is 0 Å². The lowest BCUT2D eigenvalue weighted by Crippen LogP contribution is -2.54. The highest BCUT2D eigenvalue weighted by Crippen LogP contribution is 2.39. The second-order valence-corrected chi connectivity index (χ2v) is 8.38. The van der Waals surface area contributed by atoms with E-state index < -0.39 is 34.6 Å². The number of thiazole rings is 1. The first-order valence-electron chi connectivity index (χ1n) is 6.21. The Morgan fingerprint density at radius 1 is 1.29 bits per heavy atom. The summed E-state index contributed by atoms with van der Waals surface area (Å²) in [7, 11) is -3.86. The number of hydrogen-bond donors (Lipinski definition) is 1. The minimum absolute atomic E-state index is 0.0532. The summed E-state index contributed by atoms with van der Waals surface area (Å²) in [4.78, 5) is 4.02. The van der Waals surface area contributed by atoms with Crippen LogP contribution >= 0.6 is 11.3 Å². The Balaban J connectivity index is 2.21. The van der Waals surface area contributed by atoms with E-state index in [0.29, 0.717) is 10.7 Å². The maximum Gasteiger partial charge on any atom is 0.417 e. The van der Waals surface area contributed by atoms with Crippen LogP contribution in [0.25, 0.3) is 0 Å². The molecular weight excluding hydrogens is 329 g/mol. The molecule has 1 aromatic heterocycles. The number of sulfonamides is 1. The first-order valence-corrected chi connectivity index (χ1v) is 8.46. The average Bonchev–Trinajstić information content (AvgIpc) is 2.68. The molecule has 2 heterocycles. The summed E-state index contributed by atoms with van der Waals surface area (Å²) < 4.78 is 64.0. The molecule has 1 saturated heterocycles. The Kier molecular flexibility index (Phi) is 4.11. The van der Waals surface area contributed by atoms with Crippen molar-refractivity contribution in [3.63, 3.8) is 0 Å². The minimum Gasteiger partial charge on any atom is -0.380 e. The molecule has 0 unspecified atom stereocenters. The van der Waals surface area contributed by atoms with E-state index in [1.165, 1.54) is 0 Å². The van der Waals surface area contributed by atoms with E-state index in [-0.39, 0.29) is 17.3 Å². The lowest BCUT2D eigenvalue weighted by molar-refractivity contribution is -0.270. The fourth-order valence-electron chi connectivity index (χ4n) is 2.25. The Morgan fingerprint density at radius 2 is 1.81 bits per heavy atom. The third kappa shape index (κ3) is 2.94. The topological polar surface area (TPSA) is 70.5 Å². The molecule has 1 aromatic rings. The van der Waals surface area contributed by atoms with Crippen LogP contribution in [-0.2, 0) is 10.0 Å². The van der Waals surface area contributed by atoms with E-state index in [1.54, 1.807) is 13.8 Å². The quantitative estimate of drug-likeness (QED) is 0.889. The third-order valence-corrected chi connectivity index (χ3v) is 7.07. The number of hydrogen-bond acceptors (Lipinski definition) is 5. The fourth-order valence-corrected chi connectivity index (χ4v) is 5.31. The van der Waals surface area contributed by atoms with E-state index >= 15 is 0 Å². The van der Waals surface area contributed by atoms with Gasteiger partial charge in [-0.3, -0.25) is 0 Å². The zero-order valence-corrected chi connectivity index (χ0v) is 13.1. The summed E-state index contributed by atoms with van der Waals surface area (Å²) in [5, 5.41) is 10.1. The maximum atomic E-state index is 12.7. The normalized spacial score (nSPS) is 20.7. The first kappa shape index (κ1) is 16.7. The van der Waals surface area contributed by atoms with Crippen molar-refractivity contribution in [2.45, 2.75) is 42.7 Å². The van der Waals surface area contributed by atoms with Gasteiger partial charge in [-0.15, -0.1) is 11.3 Å². The van der Waals surface area contributed by atoms with Crippen LogP contribution in [0.1, 0.15) is 23.5 Å². The average molecular weight is 344 g/mol. The smallest absolute Gasteiger partial charge is 0.380 e. The van der Waals surface area contributed by atoms with Gasteiger partial charge < -0.3 is 5.11 Å². The number of aromatic nitrogens is 1. The van der Waals surface area contributed by atoms with Gasteiger partial charge in [0.25, 0.3) is 10.0 Å². The number of rotatable bonds is 2. The number of aryl methyl sites for hydroxylation is 2. The Labute approximate surface area is 124 Å². The molecule has 0 bridgehead atoms. The summed E-state index contributed by atoms with van der Waals surface area (Å²) in [6, 6.07) is 0. The van der Waals surface area contributed by atoms with Crippen molar-refractivity contribution in [3.05, 3.63) is 10.7 Å². The van der Waals surface area contributed by atoms with Crippen molar-refractivity contribution in [3.8, 4) is 0 Å². The second-order valence-electron chi connectivity index (χ2n) is 5.04. The van der Waals surface area contributed by atoms with Gasteiger partial charge >= 0.3 is 6.18 Å². The van der Waals surface area contributed by atoms with Gasteiger partial charge in [-0.1, -0.05) is 0 Å². The predicted molar refractivity (Wildman–Crippen MR) is 70.6 cm³/mol. The van der Waals surface area contributed by atoms with E-state index in [2.05, 4.69) is 4.98 Å². The molecule has 0 radical (unpaired) electrons. The summed E-state index contributed by atoms with van der Waals surface area (Å²) in [5.74, 6) is 0. The highest BCUT2D eigenvalue weighted by atomic mass is 32.2. The van der Waals surface area contributed by atoms with E-state index in [9.17, 15) is 26.7 Å². The molecule has 0 saturated carbocycles. The molecule has 1 fully saturated rings. The molecule has 5 nitrogen and oxygen atoms in total. The molecule has 2 rings (SSSR count). The fraction of sp³-hybridized carbons (Fsp3) is 0.727. The van der Waals surface area contributed by atoms with E-state index in [0.717, 1.165) is 15.6 Å². The molecule has 21 heavy (non-hydrogen) atoms. The van der Waals surface area contributed by atoms with Gasteiger partial charge in [-0.25, -0.2) is 13.4 Å². The van der Waals surface area contributed by atoms with E-state index in [1.807, 2.05) is 0 Å². The van der Waals surface area contributed by atoms with Crippen LogP contribution in [-0.4, -0.2) is 47.7 Å². The van der Waals surface area contributed by atoms with Crippen LogP contribution in [0.5, 0.6) is 0 Å². The molecule has 0 amide bonds. The molecule has 10 heteroatoms. The molecule has 0 spiro atoms. The van der Waals surface area contributed by atoms with Crippen LogP contribution in [0.3, 0.4) is 0 Å². The molecule has 0 aliphatic carbocycles. The van der Waals surface area contributed by atoms with E-state index in [4.69, 9.17) is 0 Å². The predicted octanol–water partition coefficient (Wildman–Crippen LogP) is 1.84. The van der Waals surface area contributed by atoms with Gasteiger partial charge in [-0.05, 0) is 26.7 Å². The number of aliphatic hydroxyl groups is 1. The highest BCUT2D eigenvalue weighted by molar-refractivity contribution is 7.91. The Bertz CT molecular complexity index is 632. The van der Waals surface area contributed by atoms with Crippen LogP contribution < -0.4 is 0 Å². The van der Waals surface area contributed by atoms with Crippen LogP contribution in [0.4, 0.5) is 13.2 Å². The number of piperidine rings is 1. The van der Waals surface area contributed by atoms with Crippen molar-refractivity contribution in [2.75, 3.05) is 13.1 Å². The molecular formula is C11H15F3N2O3S2. The molecule has 1 aliphatic rings. The van der Waals surface area contributed by atoms with Gasteiger partial charge in [0.1, 0.15) is 0 Å². The lowest BCUT2D eigenvalue weighted by Gasteiger charge is -2.38. The van der Waals surface area contributed by atoms with Crippen molar-refractivity contribution < 1.29 is 26.7 Å². The lowest BCUT2D eigenvalue weighted by atomic mass is 9.92. The number of alkyl halides is 3. The number of halogens is 3. The molecule has 1 N–H and O–H groups in total. The van der Waals surface area contributed by atoms with Gasteiger partial charge in [0.05, 0.1) is 10.7 Å². The van der Waals surface area contributed by atoms with Gasteiger partial charge in [0, 0.05) is 13.1 Å². The summed E-state index contributed by atoms with van der Waals surface area (Å²) >= 11 is 0.995. The van der Waals surface area contributed by atoms with Crippen LogP contribution in [0.15, 0.2) is 4.21 Å².